The number of halogens is 1. The van der Waals surface area contributed by atoms with Gasteiger partial charge in [-0.05, 0) is 24.6 Å². The molecule has 0 heterocycles. The lowest BCUT2D eigenvalue weighted by Crippen LogP contribution is -2.27. The highest BCUT2D eigenvalue weighted by Gasteiger charge is 2.22. The quantitative estimate of drug-likeness (QED) is 0.847. The van der Waals surface area contributed by atoms with E-state index in [0.717, 1.165) is 6.42 Å². The molecule has 0 aliphatic carbocycles. The first kappa shape index (κ1) is 17.0. The minimum atomic E-state index is -3.56. The Morgan fingerprint density at radius 3 is 2.65 bits per heavy atom. The van der Waals surface area contributed by atoms with Crippen molar-refractivity contribution in [3.8, 4) is 11.8 Å². The normalized spacial score (nSPS) is 11.2. The van der Waals surface area contributed by atoms with Gasteiger partial charge in [0.1, 0.15) is 4.90 Å². The predicted octanol–water partition coefficient (Wildman–Crippen LogP) is 2.10. The van der Waals surface area contributed by atoms with Crippen LogP contribution in [0.15, 0.2) is 23.1 Å². The van der Waals surface area contributed by atoms with Crippen LogP contribution in [0.2, 0.25) is 5.02 Å². The zero-order valence-corrected chi connectivity index (χ0v) is 13.1. The van der Waals surface area contributed by atoms with E-state index in [0.29, 0.717) is 18.5 Å². The van der Waals surface area contributed by atoms with Gasteiger partial charge in [-0.3, -0.25) is 0 Å². The summed E-state index contributed by atoms with van der Waals surface area (Å²) in [6.07, 6.45) is 1.11. The van der Waals surface area contributed by atoms with Crippen LogP contribution in [0.1, 0.15) is 25.3 Å². The zero-order chi connectivity index (χ0) is 15.2. The molecular weight excluding hydrogens is 298 g/mol. The lowest BCUT2D eigenvalue weighted by atomic mass is 10.2. The molecule has 0 fully saturated rings. The summed E-state index contributed by atoms with van der Waals surface area (Å²) in [5, 5.41) is 8.80. The Kier molecular flexibility index (Phi) is 6.50. The Labute approximate surface area is 125 Å². The fraction of sp³-hybridized carbons (Fsp3) is 0.429. The lowest BCUT2D eigenvalue weighted by molar-refractivity contribution is 0.305. The third kappa shape index (κ3) is 4.22. The van der Waals surface area contributed by atoms with Crippen molar-refractivity contribution < 1.29 is 13.5 Å². The molecule has 0 amide bonds. The maximum atomic E-state index is 12.3. The highest BCUT2D eigenvalue weighted by Crippen LogP contribution is 2.25. The molecular formula is C14H18ClNO3S. The second kappa shape index (κ2) is 7.65. The van der Waals surface area contributed by atoms with Crippen molar-refractivity contribution in [3.05, 3.63) is 28.8 Å². The maximum Gasteiger partial charge on any atom is 0.244 e. The van der Waals surface area contributed by atoms with E-state index in [-0.39, 0.29) is 16.5 Å². The van der Waals surface area contributed by atoms with Gasteiger partial charge in [-0.15, -0.1) is 0 Å². The number of hydrogen-bond donors (Lipinski definition) is 1. The lowest BCUT2D eigenvalue weighted by Gasteiger charge is -2.17. The molecule has 0 atom stereocenters. The second-order valence-corrected chi connectivity index (χ2v) is 6.67. The number of nitrogens with zero attached hydrogens (tertiary/aromatic N) is 1. The fourth-order valence-corrected chi connectivity index (χ4v) is 3.39. The molecule has 0 unspecified atom stereocenters. The van der Waals surface area contributed by atoms with Crippen LogP contribution >= 0.6 is 11.6 Å². The van der Waals surface area contributed by atoms with Crippen LogP contribution in [0.25, 0.3) is 0 Å². The van der Waals surface area contributed by atoms with Gasteiger partial charge in [0.2, 0.25) is 10.0 Å². The van der Waals surface area contributed by atoms with Crippen LogP contribution in [0.4, 0.5) is 0 Å². The largest absolute Gasteiger partial charge is 0.395 e. The number of sulfonamides is 1. The van der Waals surface area contributed by atoms with Gasteiger partial charge in [0.15, 0.2) is 0 Å². The van der Waals surface area contributed by atoms with Crippen molar-refractivity contribution in [2.45, 2.75) is 24.7 Å². The SMILES string of the molecule is CCCN(C)S(=O)(=O)c1ccc(C#CCCO)cc1Cl. The molecule has 20 heavy (non-hydrogen) atoms. The van der Waals surface area contributed by atoms with Crippen molar-refractivity contribution in [3.63, 3.8) is 0 Å². The summed E-state index contributed by atoms with van der Waals surface area (Å²) in [5.74, 6) is 5.58. The Bertz CT molecular complexity index is 617. The minimum absolute atomic E-state index is 0.00495. The van der Waals surface area contributed by atoms with E-state index in [9.17, 15) is 8.42 Å². The fourth-order valence-electron chi connectivity index (χ4n) is 1.61. The van der Waals surface area contributed by atoms with Gasteiger partial charge in [-0.25, -0.2) is 12.7 Å². The average molecular weight is 316 g/mol. The topological polar surface area (TPSA) is 57.6 Å². The molecule has 0 saturated carbocycles. The Morgan fingerprint density at radius 2 is 2.10 bits per heavy atom. The predicted molar refractivity (Wildman–Crippen MR) is 80.1 cm³/mol. The van der Waals surface area contributed by atoms with Crippen LogP contribution in [0.5, 0.6) is 0 Å². The van der Waals surface area contributed by atoms with Crippen molar-refractivity contribution in [1.29, 1.82) is 0 Å². The number of benzene rings is 1. The van der Waals surface area contributed by atoms with E-state index in [1.54, 1.807) is 6.07 Å². The Morgan fingerprint density at radius 1 is 1.40 bits per heavy atom. The first-order valence-corrected chi connectivity index (χ1v) is 8.11. The van der Waals surface area contributed by atoms with Gasteiger partial charge in [0.25, 0.3) is 0 Å². The van der Waals surface area contributed by atoms with Gasteiger partial charge in [0.05, 0.1) is 11.6 Å². The minimum Gasteiger partial charge on any atom is -0.395 e. The number of aliphatic hydroxyl groups excluding tert-OH is 1. The van der Waals surface area contributed by atoms with E-state index in [2.05, 4.69) is 11.8 Å². The summed E-state index contributed by atoms with van der Waals surface area (Å²) in [7, 11) is -2.03. The van der Waals surface area contributed by atoms with Crippen molar-refractivity contribution >= 4 is 21.6 Å². The van der Waals surface area contributed by atoms with E-state index < -0.39 is 10.0 Å². The van der Waals surface area contributed by atoms with Crippen molar-refractivity contribution in [2.75, 3.05) is 20.2 Å². The maximum absolute atomic E-state index is 12.3. The van der Waals surface area contributed by atoms with Gasteiger partial charge >= 0.3 is 0 Å². The number of aliphatic hydroxyl groups is 1. The summed E-state index contributed by atoms with van der Waals surface area (Å²) in [6.45, 7) is 2.35. The summed E-state index contributed by atoms with van der Waals surface area (Å²) in [6, 6.07) is 4.61. The number of rotatable bonds is 5. The van der Waals surface area contributed by atoms with Crippen LogP contribution < -0.4 is 0 Å². The van der Waals surface area contributed by atoms with E-state index >= 15 is 0 Å². The zero-order valence-electron chi connectivity index (χ0n) is 11.6. The van der Waals surface area contributed by atoms with Crippen LogP contribution in [-0.4, -0.2) is 38.0 Å². The second-order valence-electron chi connectivity index (χ2n) is 4.25. The standard InChI is InChI=1S/C14H18ClNO3S/c1-3-9-16(2)20(18,19)14-8-7-12(11-13(14)15)6-4-5-10-17/h7-8,11,17H,3,5,9-10H2,1-2H3. The summed E-state index contributed by atoms with van der Waals surface area (Å²) in [4.78, 5) is 0.0859. The van der Waals surface area contributed by atoms with Gasteiger partial charge < -0.3 is 5.11 Å². The molecule has 1 N–H and O–H groups in total. The summed E-state index contributed by atoms with van der Waals surface area (Å²) >= 11 is 6.05. The first-order chi connectivity index (χ1) is 9.43. The first-order valence-electron chi connectivity index (χ1n) is 6.29. The molecule has 0 bridgehead atoms. The smallest absolute Gasteiger partial charge is 0.244 e. The summed E-state index contributed by atoms with van der Waals surface area (Å²) in [5.41, 5.74) is 0.626. The van der Waals surface area contributed by atoms with E-state index in [4.69, 9.17) is 16.7 Å². The van der Waals surface area contributed by atoms with E-state index in [1.807, 2.05) is 6.92 Å². The monoisotopic (exact) mass is 315 g/mol. The third-order valence-electron chi connectivity index (χ3n) is 2.63. The van der Waals surface area contributed by atoms with Gasteiger partial charge in [-0.2, -0.15) is 0 Å². The Balaban J connectivity index is 3.08. The molecule has 0 saturated heterocycles. The summed E-state index contributed by atoms with van der Waals surface area (Å²) < 4.78 is 25.9. The highest BCUT2D eigenvalue weighted by atomic mass is 35.5. The van der Waals surface area contributed by atoms with Gasteiger partial charge in [-0.1, -0.05) is 30.4 Å². The highest BCUT2D eigenvalue weighted by molar-refractivity contribution is 7.89. The number of hydrogen-bond acceptors (Lipinski definition) is 3. The molecule has 6 heteroatoms. The van der Waals surface area contributed by atoms with Crippen molar-refractivity contribution in [1.82, 2.24) is 4.31 Å². The van der Waals surface area contributed by atoms with E-state index in [1.165, 1.54) is 23.5 Å². The molecule has 0 aliphatic rings. The van der Waals surface area contributed by atoms with Gasteiger partial charge in [0, 0.05) is 25.6 Å². The molecule has 4 nitrogen and oxygen atoms in total. The molecule has 1 aromatic carbocycles. The molecule has 110 valence electrons. The van der Waals surface area contributed by atoms with Crippen molar-refractivity contribution in [2.24, 2.45) is 0 Å². The van der Waals surface area contributed by atoms with Crippen LogP contribution in [0.3, 0.4) is 0 Å². The Hall–Kier alpha value is -1.06. The molecule has 0 radical (unpaired) electrons. The van der Waals surface area contributed by atoms with Crippen LogP contribution in [-0.2, 0) is 10.0 Å². The molecule has 0 aromatic heterocycles. The molecule has 0 spiro atoms. The van der Waals surface area contributed by atoms with Crippen LogP contribution in [0, 0.1) is 11.8 Å². The molecule has 1 rings (SSSR count). The average Bonchev–Trinajstić information content (AvgIpc) is 2.39. The molecule has 1 aromatic rings. The molecule has 0 aliphatic heterocycles. The third-order valence-corrected chi connectivity index (χ3v) is 4.97.